The number of likely N-dealkylation sites (tertiary alicyclic amines) is 1. The van der Waals surface area contributed by atoms with E-state index in [1.54, 1.807) is 6.92 Å². The van der Waals surface area contributed by atoms with E-state index in [2.05, 4.69) is 0 Å². The Morgan fingerprint density at radius 2 is 2.23 bits per heavy atom. The molecular formula is C7H14BNO4. The summed E-state index contributed by atoms with van der Waals surface area (Å²) in [4.78, 5) is 12.6. The fourth-order valence-electron chi connectivity index (χ4n) is 1.62. The van der Waals surface area contributed by atoms with Crippen molar-refractivity contribution in [3.05, 3.63) is 0 Å². The van der Waals surface area contributed by atoms with Crippen molar-refractivity contribution in [1.82, 2.24) is 4.90 Å². The van der Waals surface area contributed by atoms with Crippen LogP contribution in [0.4, 0.5) is 0 Å². The molecule has 0 aromatic heterocycles. The van der Waals surface area contributed by atoms with Gasteiger partial charge in [0.1, 0.15) is 0 Å². The van der Waals surface area contributed by atoms with Gasteiger partial charge >= 0.3 is 7.12 Å². The van der Waals surface area contributed by atoms with Crippen molar-refractivity contribution in [2.45, 2.75) is 31.8 Å². The summed E-state index contributed by atoms with van der Waals surface area (Å²) in [5, 5.41) is 27.1. The van der Waals surface area contributed by atoms with Crippen LogP contribution in [0, 0.1) is 0 Å². The number of β-amino-alcohol motifs (C(OH)–C–C–N with tert-alkyl or cyclic N) is 1. The molecule has 0 saturated carbocycles. The molecule has 74 valence electrons. The summed E-state index contributed by atoms with van der Waals surface area (Å²) in [7, 11) is -1.56. The van der Waals surface area contributed by atoms with Gasteiger partial charge in [-0.1, -0.05) is 6.92 Å². The van der Waals surface area contributed by atoms with Crippen molar-refractivity contribution >= 4 is 13.0 Å². The minimum absolute atomic E-state index is 0.158. The standard InChI is InChI=1S/C7H14BNO4/c1-2-7(11)9-4-5(10)3-6(9)8(12)13/h5-6,10,12-13H,2-4H2,1H3/t5-,6-/m0/s1. The molecule has 3 N–H and O–H groups in total. The molecule has 2 atom stereocenters. The van der Waals surface area contributed by atoms with Crippen LogP contribution in [0.3, 0.4) is 0 Å². The summed E-state index contributed by atoms with van der Waals surface area (Å²) >= 11 is 0. The largest absolute Gasteiger partial charge is 0.475 e. The predicted molar refractivity (Wildman–Crippen MR) is 46.6 cm³/mol. The lowest BCUT2D eigenvalue weighted by molar-refractivity contribution is -0.131. The maximum Gasteiger partial charge on any atom is 0.475 e. The highest BCUT2D eigenvalue weighted by Gasteiger charge is 2.40. The highest BCUT2D eigenvalue weighted by molar-refractivity contribution is 6.43. The van der Waals surface area contributed by atoms with E-state index in [1.807, 2.05) is 0 Å². The van der Waals surface area contributed by atoms with Crippen LogP contribution in [0.1, 0.15) is 19.8 Å². The third kappa shape index (κ3) is 2.21. The van der Waals surface area contributed by atoms with Crippen molar-refractivity contribution in [2.24, 2.45) is 0 Å². The van der Waals surface area contributed by atoms with E-state index in [-0.39, 0.29) is 18.9 Å². The summed E-state index contributed by atoms with van der Waals surface area (Å²) in [6.45, 7) is 1.91. The molecule has 1 aliphatic rings. The lowest BCUT2D eigenvalue weighted by atomic mass is 9.77. The van der Waals surface area contributed by atoms with Crippen LogP contribution in [-0.2, 0) is 4.79 Å². The molecule has 1 aliphatic heterocycles. The van der Waals surface area contributed by atoms with Gasteiger partial charge in [0.05, 0.1) is 12.0 Å². The second-order valence-electron chi connectivity index (χ2n) is 3.27. The number of aliphatic hydroxyl groups is 1. The Morgan fingerprint density at radius 1 is 1.62 bits per heavy atom. The zero-order chi connectivity index (χ0) is 10.0. The molecule has 5 nitrogen and oxygen atoms in total. The van der Waals surface area contributed by atoms with Gasteiger partial charge in [-0.15, -0.1) is 0 Å². The van der Waals surface area contributed by atoms with Gasteiger partial charge in [-0.25, -0.2) is 0 Å². The number of rotatable bonds is 2. The molecule has 0 aromatic carbocycles. The van der Waals surface area contributed by atoms with E-state index in [0.717, 1.165) is 0 Å². The van der Waals surface area contributed by atoms with E-state index in [1.165, 1.54) is 4.90 Å². The summed E-state index contributed by atoms with van der Waals surface area (Å²) in [6, 6.07) is 0. The molecule has 0 aliphatic carbocycles. The van der Waals surface area contributed by atoms with E-state index in [0.29, 0.717) is 6.42 Å². The van der Waals surface area contributed by atoms with E-state index in [9.17, 15) is 9.90 Å². The van der Waals surface area contributed by atoms with Gasteiger partial charge in [-0.2, -0.15) is 0 Å². The van der Waals surface area contributed by atoms with Gasteiger partial charge < -0.3 is 20.1 Å². The Kier molecular flexibility index (Phi) is 3.30. The maximum atomic E-state index is 11.3. The number of aliphatic hydroxyl groups excluding tert-OH is 1. The first-order chi connectivity index (χ1) is 6.06. The number of amides is 1. The quantitative estimate of drug-likeness (QED) is 0.453. The van der Waals surface area contributed by atoms with Gasteiger partial charge in [-0.05, 0) is 6.42 Å². The Bertz CT molecular complexity index is 199. The van der Waals surface area contributed by atoms with Crippen LogP contribution in [0.2, 0.25) is 0 Å². The van der Waals surface area contributed by atoms with Gasteiger partial charge in [0, 0.05) is 13.0 Å². The zero-order valence-electron chi connectivity index (χ0n) is 7.55. The van der Waals surface area contributed by atoms with Gasteiger partial charge in [0.2, 0.25) is 5.91 Å². The average molecular weight is 187 g/mol. The first kappa shape index (κ1) is 10.5. The first-order valence-electron chi connectivity index (χ1n) is 4.40. The van der Waals surface area contributed by atoms with Gasteiger partial charge in [-0.3, -0.25) is 4.79 Å². The molecule has 0 bridgehead atoms. The number of hydrogen-bond donors (Lipinski definition) is 3. The van der Waals surface area contributed by atoms with E-state index < -0.39 is 19.2 Å². The highest BCUT2D eigenvalue weighted by Crippen LogP contribution is 2.19. The summed E-state index contributed by atoms with van der Waals surface area (Å²) in [6.07, 6.45) is -0.0819. The van der Waals surface area contributed by atoms with Crippen LogP contribution in [0.5, 0.6) is 0 Å². The number of carbonyl (C=O) groups is 1. The molecule has 1 heterocycles. The molecule has 6 heteroatoms. The van der Waals surface area contributed by atoms with E-state index >= 15 is 0 Å². The maximum absolute atomic E-state index is 11.3. The van der Waals surface area contributed by atoms with Gasteiger partial charge in [0.25, 0.3) is 0 Å². The zero-order valence-corrected chi connectivity index (χ0v) is 7.55. The van der Waals surface area contributed by atoms with Crippen molar-refractivity contribution in [2.75, 3.05) is 6.54 Å². The number of carbonyl (C=O) groups excluding carboxylic acids is 1. The monoisotopic (exact) mass is 187 g/mol. The normalized spacial score (nSPS) is 27.8. The molecule has 0 radical (unpaired) electrons. The second kappa shape index (κ2) is 4.08. The number of nitrogens with zero attached hydrogens (tertiary/aromatic N) is 1. The molecule has 0 aromatic rings. The van der Waals surface area contributed by atoms with Crippen LogP contribution in [-0.4, -0.2) is 51.7 Å². The summed E-state index contributed by atoms with van der Waals surface area (Å²) in [5.41, 5.74) is 0. The smallest absolute Gasteiger partial charge is 0.426 e. The van der Waals surface area contributed by atoms with Crippen LogP contribution >= 0.6 is 0 Å². The first-order valence-corrected chi connectivity index (χ1v) is 4.40. The Balaban J connectivity index is 2.66. The molecule has 13 heavy (non-hydrogen) atoms. The number of hydrogen-bond acceptors (Lipinski definition) is 4. The Morgan fingerprint density at radius 3 is 2.69 bits per heavy atom. The molecule has 0 spiro atoms. The molecular weight excluding hydrogens is 173 g/mol. The molecule has 1 rings (SSSR count). The molecule has 1 fully saturated rings. The summed E-state index contributed by atoms with van der Waals surface area (Å²) in [5.74, 6) is -0.808. The Labute approximate surface area is 77.1 Å². The second-order valence-corrected chi connectivity index (χ2v) is 3.27. The van der Waals surface area contributed by atoms with E-state index in [4.69, 9.17) is 10.0 Å². The lowest BCUT2D eigenvalue weighted by Crippen LogP contribution is -2.45. The SMILES string of the molecule is CCC(=O)N1C[C@@H](O)C[C@H]1B(O)O. The average Bonchev–Trinajstić information content (AvgIpc) is 2.46. The summed E-state index contributed by atoms with van der Waals surface area (Å²) < 4.78 is 0. The minimum Gasteiger partial charge on any atom is -0.426 e. The van der Waals surface area contributed by atoms with Crippen LogP contribution < -0.4 is 0 Å². The Hall–Kier alpha value is -0.585. The van der Waals surface area contributed by atoms with Crippen molar-refractivity contribution in [1.29, 1.82) is 0 Å². The topological polar surface area (TPSA) is 81.0 Å². The molecule has 1 saturated heterocycles. The third-order valence-corrected chi connectivity index (χ3v) is 2.29. The third-order valence-electron chi connectivity index (χ3n) is 2.29. The predicted octanol–water partition coefficient (Wildman–Crippen LogP) is -1.63. The van der Waals surface area contributed by atoms with Crippen molar-refractivity contribution in [3.63, 3.8) is 0 Å². The fraction of sp³-hybridized carbons (Fsp3) is 0.857. The molecule has 1 amide bonds. The highest BCUT2D eigenvalue weighted by atomic mass is 16.4. The lowest BCUT2D eigenvalue weighted by Gasteiger charge is -2.22. The van der Waals surface area contributed by atoms with Crippen LogP contribution in [0.15, 0.2) is 0 Å². The van der Waals surface area contributed by atoms with Crippen molar-refractivity contribution in [3.8, 4) is 0 Å². The minimum atomic E-state index is -1.56. The van der Waals surface area contributed by atoms with Gasteiger partial charge in [0.15, 0.2) is 0 Å². The van der Waals surface area contributed by atoms with Crippen molar-refractivity contribution < 1.29 is 19.9 Å². The fourth-order valence-corrected chi connectivity index (χ4v) is 1.62. The van der Waals surface area contributed by atoms with Crippen LogP contribution in [0.25, 0.3) is 0 Å². The molecule has 0 unspecified atom stereocenters.